The molecule has 4 nitrogen and oxygen atoms in total. The first-order valence-corrected chi connectivity index (χ1v) is 6.47. The van der Waals surface area contributed by atoms with Crippen LogP contribution in [0.1, 0.15) is 5.56 Å². The first-order valence-electron chi connectivity index (χ1n) is 6.47. The van der Waals surface area contributed by atoms with Gasteiger partial charge in [0.15, 0.2) is 0 Å². The molecule has 2 aromatic carbocycles. The molecule has 20 heavy (non-hydrogen) atoms. The van der Waals surface area contributed by atoms with Gasteiger partial charge >= 0.3 is 0 Å². The third-order valence-electron chi connectivity index (χ3n) is 2.78. The van der Waals surface area contributed by atoms with Gasteiger partial charge in [-0.15, -0.1) is 0 Å². The average Bonchev–Trinajstić information content (AvgIpc) is 2.48. The third-order valence-corrected chi connectivity index (χ3v) is 2.78. The molecule has 0 atom stereocenters. The van der Waals surface area contributed by atoms with Crippen LogP contribution in [-0.2, 0) is 11.3 Å². The van der Waals surface area contributed by atoms with E-state index >= 15 is 0 Å². The zero-order valence-corrected chi connectivity index (χ0v) is 11.5. The smallest absolute Gasteiger partial charge is 0.121 e. The van der Waals surface area contributed by atoms with Gasteiger partial charge in [0.05, 0.1) is 20.3 Å². The number of nitrogen functional groups attached to an aromatic ring is 1. The quantitative estimate of drug-likeness (QED) is 0.622. The molecule has 2 N–H and O–H groups in total. The van der Waals surface area contributed by atoms with Gasteiger partial charge < -0.3 is 19.9 Å². The Morgan fingerprint density at radius 3 is 2.45 bits per heavy atom. The van der Waals surface area contributed by atoms with Gasteiger partial charge in [0.25, 0.3) is 0 Å². The fourth-order valence-electron chi connectivity index (χ4n) is 1.73. The van der Waals surface area contributed by atoms with Crippen LogP contribution in [0.5, 0.6) is 11.5 Å². The van der Waals surface area contributed by atoms with Crippen molar-refractivity contribution in [1.82, 2.24) is 0 Å². The Balaban J connectivity index is 1.66. The number of ether oxygens (including phenoxy) is 3. The molecule has 0 fully saturated rings. The fraction of sp³-hybridized carbons (Fsp3) is 0.250. The minimum absolute atomic E-state index is 0.500. The summed E-state index contributed by atoms with van der Waals surface area (Å²) in [6.45, 7) is 1.59. The monoisotopic (exact) mass is 273 g/mol. The van der Waals surface area contributed by atoms with Crippen LogP contribution in [0, 0.1) is 0 Å². The lowest BCUT2D eigenvalue weighted by atomic mass is 10.2. The summed E-state index contributed by atoms with van der Waals surface area (Å²) in [4.78, 5) is 0. The van der Waals surface area contributed by atoms with E-state index in [-0.39, 0.29) is 0 Å². The van der Waals surface area contributed by atoms with E-state index in [1.165, 1.54) is 0 Å². The second-order valence-electron chi connectivity index (χ2n) is 4.32. The highest BCUT2D eigenvalue weighted by Crippen LogP contribution is 2.14. The number of anilines is 1. The fourth-order valence-corrected chi connectivity index (χ4v) is 1.73. The van der Waals surface area contributed by atoms with Crippen molar-refractivity contribution < 1.29 is 14.2 Å². The topological polar surface area (TPSA) is 53.7 Å². The number of rotatable bonds is 7. The van der Waals surface area contributed by atoms with Crippen molar-refractivity contribution in [2.75, 3.05) is 26.1 Å². The summed E-state index contributed by atoms with van der Waals surface area (Å²) in [5.74, 6) is 1.61. The Bertz CT molecular complexity index is 526. The lowest BCUT2D eigenvalue weighted by Crippen LogP contribution is -2.06. The van der Waals surface area contributed by atoms with Gasteiger partial charge in [0.2, 0.25) is 0 Å². The number of benzene rings is 2. The number of methoxy groups -OCH3 is 1. The zero-order chi connectivity index (χ0) is 14.2. The molecular formula is C16H19NO3. The molecule has 4 heteroatoms. The summed E-state index contributed by atoms with van der Waals surface area (Å²) >= 11 is 0. The molecule has 0 aliphatic rings. The molecule has 2 rings (SSSR count). The molecule has 0 aliphatic carbocycles. The standard InChI is InChI=1S/C16H19NO3/c1-18-15-7-5-13(6-8-15)12-19-9-10-20-16-4-2-3-14(17)11-16/h2-8,11H,9-10,12,17H2,1H3. The van der Waals surface area contributed by atoms with E-state index in [1.54, 1.807) is 13.2 Å². The molecular weight excluding hydrogens is 254 g/mol. The van der Waals surface area contributed by atoms with Gasteiger partial charge in [-0.3, -0.25) is 0 Å². The Morgan fingerprint density at radius 2 is 1.75 bits per heavy atom. The minimum Gasteiger partial charge on any atom is -0.497 e. The van der Waals surface area contributed by atoms with Crippen LogP contribution >= 0.6 is 0 Å². The Hall–Kier alpha value is -2.20. The van der Waals surface area contributed by atoms with Crippen LogP contribution in [-0.4, -0.2) is 20.3 Å². The van der Waals surface area contributed by atoms with Crippen molar-refractivity contribution in [2.24, 2.45) is 0 Å². The van der Waals surface area contributed by atoms with Crippen molar-refractivity contribution in [2.45, 2.75) is 6.61 Å². The highest BCUT2D eigenvalue weighted by Gasteiger charge is 1.97. The second-order valence-corrected chi connectivity index (χ2v) is 4.32. The normalized spacial score (nSPS) is 10.2. The molecule has 0 amide bonds. The second kappa shape index (κ2) is 7.40. The number of hydrogen-bond donors (Lipinski definition) is 1. The van der Waals surface area contributed by atoms with Crippen LogP contribution in [0.25, 0.3) is 0 Å². The maximum Gasteiger partial charge on any atom is 0.121 e. The first kappa shape index (κ1) is 14.2. The SMILES string of the molecule is COc1ccc(COCCOc2cccc(N)c2)cc1. The van der Waals surface area contributed by atoms with E-state index in [0.29, 0.717) is 25.5 Å². The number of hydrogen-bond acceptors (Lipinski definition) is 4. The Labute approximate surface area is 119 Å². The van der Waals surface area contributed by atoms with Crippen LogP contribution in [0.4, 0.5) is 5.69 Å². The van der Waals surface area contributed by atoms with E-state index in [2.05, 4.69) is 0 Å². The average molecular weight is 273 g/mol. The largest absolute Gasteiger partial charge is 0.497 e. The predicted molar refractivity (Wildman–Crippen MR) is 79.0 cm³/mol. The molecule has 0 aromatic heterocycles. The number of nitrogens with two attached hydrogens (primary N) is 1. The van der Waals surface area contributed by atoms with E-state index in [1.807, 2.05) is 42.5 Å². The predicted octanol–water partition coefficient (Wildman–Crippen LogP) is 2.87. The van der Waals surface area contributed by atoms with Gasteiger partial charge in [-0.1, -0.05) is 18.2 Å². The third kappa shape index (κ3) is 4.48. The molecule has 0 saturated heterocycles. The van der Waals surface area contributed by atoms with Crippen LogP contribution in [0.2, 0.25) is 0 Å². The molecule has 0 heterocycles. The van der Waals surface area contributed by atoms with Crippen LogP contribution < -0.4 is 15.2 Å². The van der Waals surface area contributed by atoms with E-state index in [9.17, 15) is 0 Å². The molecule has 0 bridgehead atoms. The summed E-state index contributed by atoms with van der Waals surface area (Å²) in [7, 11) is 1.65. The van der Waals surface area contributed by atoms with Crippen molar-refractivity contribution in [1.29, 1.82) is 0 Å². The van der Waals surface area contributed by atoms with E-state index < -0.39 is 0 Å². The van der Waals surface area contributed by atoms with Crippen molar-refractivity contribution in [3.05, 3.63) is 54.1 Å². The van der Waals surface area contributed by atoms with Crippen molar-refractivity contribution in [3.8, 4) is 11.5 Å². The van der Waals surface area contributed by atoms with Gasteiger partial charge in [0, 0.05) is 11.8 Å². The summed E-state index contributed by atoms with van der Waals surface area (Å²) in [5.41, 5.74) is 7.47. The zero-order valence-electron chi connectivity index (χ0n) is 11.5. The summed E-state index contributed by atoms with van der Waals surface area (Å²) < 4.78 is 16.2. The van der Waals surface area contributed by atoms with Crippen LogP contribution in [0.15, 0.2) is 48.5 Å². The first-order chi connectivity index (χ1) is 9.78. The molecule has 0 radical (unpaired) electrons. The van der Waals surface area contributed by atoms with Crippen LogP contribution in [0.3, 0.4) is 0 Å². The molecule has 0 unspecified atom stereocenters. The molecule has 0 spiro atoms. The lowest BCUT2D eigenvalue weighted by Gasteiger charge is -2.08. The maximum atomic E-state index is 5.67. The molecule has 106 valence electrons. The minimum atomic E-state index is 0.500. The molecule has 0 saturated carbocycles. The maximum absolute atomic E-state index is 5.67. The Kier molecular flexibility index (Phi) is 5.26. The van der Waals surface area contributed by atoms with E-state index in [4.69, 9.17) is 19.9 Å². The summed E-state index contributed by atoms with van der Waals surface area (Å²) in [6.07, 6.45) is 0. The van der Waals surface area contributed by atoms with Gasteiger partial charge in [-0.05, 0) is 29.8 Å². The highest BCUT2D eigenvalue weighted by molar-refractivity contribution is 5.43. The summed E-state index contributed by atoms with van der Waals surface area (Å²) in [6, 6.07) is 15.2. The molecule has 2 aromatic rings. The van der Waals surface area contributed by atoms with E-state index in [0.717, 1.165) is 17.1 Å². The van der Waals surface area contributed by atoms with Gasteiger partial charge in [-0.25, -0.2) is 0 Å². The van der Waals surface area contributed by atoms with Crippen molar-refractivity contribution in [3.63, 3.8) is 0 Å². The van der Waals surface area contributed by atoms with Gasteiger partial charge in [-0.2, -0.15) is 0 Å². The Morgan fingerprint density at radius 1 is 0.950 bits per heavy atom. The van der Waals surface area contributed by atoms with Crippen molar-refractivity contribution >= 4 is 5.69 Å². The summed E-state index contributed by atoms with van der Waals surface area (Å²) in [5, 5.41) is 0. The molecule has 0 aliphatic heterocycles. The van der Waals surface area contributed by atoms with Gasteiger partial charge in [0.1, 0.15) is 18.1 Å². The highest BCUT2D eigenvalue weighted by atomic mass is 16.5. The lowest BCUT2D eigenvalue weighted by molar-refractivity contribution is 0.0889.